The molecule has 1 aliphatic rings. The molecule has 0 unspecified atom stereocenters. The molecule has 1 fully saturated rings. The van der Waals surface area contributed by atoms with Gasteiger partial charge in [-0.25, -0.2) is 4.39 Å². The van der Waals surface area contributed by atoms with Crippen LogP contribution in [0, 0.1) is 19.7 Å². The van der Waals surface area contributed by atoms with Crippen LogP contribution in [0.25, 0.3) is 0 Å². The van der Waals surface area contributed by atoms with Gasteiger partial charge in [-0.2, -0.15) is 0 Å². The molecule has 2 aromatic rings. The van der Waals surface area contributed by atoms with E-state index in [0.29, 0.717) is 11.1 Å². The summed E-state index contributed by atoms with van der Waals surface area (Å²) in [7, 11) is 0. The van der Waals surface area contributed by atoms with Crippen molar-refractivity contribution in [3.63, 3.8) is 0 Å². The maximum atomic E-state index is 13.9. The van der Waals surface area contributed by atoms with Gasteiger partial charge in [0.25, 0.3) is 5.91 Å². The van der Waals surface area contributed by atoms with Crippen molar-refractivity contribution in [1.82, 2.24) is 10.2 Å². The molecule has 0 bridgehead atoms. The molecule has 5 heteroatoms. The summed E-state index contributed by atoms with van der Waals surface area (Å²) in [4.78, 5) is 26.6. The van der Waals surface area contributed by atoms with E-state index in [1.54, 1.807) is 35.2 Å². The third-order valence-electron chi connectivity index (χ3n) is 4.49. The summed E-state index contributed by atoms with van der Waals surface area (Å²) < 4.78 is 13.9. The number of amides is 2. The number of nitrogens with one attached hydrogen (secondary N) is 1. The number of rotatable bonds is 6. The van der Waals surface area contributed by atoms with Crippen molar-refractivity contribution in [2.45, 2.75) is 39.3 Å². The van der Waals surface area contributed by atoms with Crippen LogP contribution in [0.4, 0.5) is 4.39 Å². The van der Waals surface area contributed by atoms with E-state index in [-0.39, 0.29) is 36.8 Å². The van der Waals surface area contributed by atoms with Crippen LogP contribution in [0.1, 0.15) is 39.9 Å². The maximum absolute atomic E-state index is 13.9. The summed E-state index contributed by atoms with van der Waals surface area (Å²) in [5.41, 5.74) is 3.04. The highest BCUT2D eigenvalue weighted by atomic mass is 19.1. The number of halogens is 1. The number of benzene rings is 2. The Morgan fingerprint density at radius 3 is 2.38 bits per heavy atom. The number of nitrogens with zero attached hydrogens (tertiary/aromatic N) is 1. The van der Waals surface area contributed by atoms with E-state index in [1.807, 2.05) is 19.9 Å². The highest BCUT2D eigenvalue weighted by Crippen LogP contribution is 2.28. The standard InChI is InChI=1S/C21H23FN2O2/c1-14-9-15(2)11-17(10-14)21(26)23-12-20(25)24(18-7-8-18)13-16-5-3-4-6-19(16)22/h3-6,9-11,18H,7-8,12-13H2,1-2H3,(H,23,26). The van der Waals surface area contributed by atoms with Gasteiger partial charge in [0.15, 0.2) is 0 Å². The number of carbonyl (C=O) groups is 2. The molecule has 0 atom stereocenters. The summed E-state index contributed by atoms with van der Waals surface area (Å²) in [6.45, 7) is 4.00. The highest BCUT2D eigenvalue weighted by Gasteiger charge is 2.33. The molecule has 3 rings (SSSR count). The fraction of sp³-hybridized carbons (Fsp3) is 0.333. The zero-order valence-corrected chi connectivity index (χ0v) is 15.1. The van der Waals surface area contributed by atoms with Crippen LogP contribution in [-0.2, 0) is 11.3 Å². The van der Waals surface area contributed by atoms with Gasteiger partial charge in [-0.1, -0.05) is 35.4 Å². The molecule has 2 aromatic carbocycles. The molecule has 0 saturated heterocycles. The Hall–Kier alpha value is -2.69. The summed E-state index contributed by atoms with van der Waals surface area (Å²) in [5, 5.41) is 2.69. The molecule has 2 amide bonds. The van der Waals surface area contributed by atoms with Gasteiger partial charge in [0, 0.05) is 23.7 Å². The molecule has 0 aliphatic heterocycles. The molecule has 4 nitrogen and oxygen atoms in total. The van der Waals surface area contributed by atoms with Gasteiger partial charge in [-0.3, -0.25) is 9.59 Å². The van der Waals surface area contributed by atoms with Gasteiger partial charge in [0.1, 0.15) is 5.82 Å². The van der Waals surface area contributed by atoms with Crippen molar-refractivity contribution in [1.29, 1.82) is 0 Å². The van der Waals surface area contributed by atoms with Crippen LogP contribution in [0.3, 0.4) is 0 Å². The quantitative estimate of drug-likeness (QED) is 0.865. The van der Waals surface area contributed by atoms with Gasteiger partial charge in [0.2, 0.25) is 5.91 Å². The predicted octanol–water partition coefficient (Wildman–Crippen LogP) is 3.36. The van der Waals surface area contributed by atoms with Crippen LogP contribution < -0.4 is 5.32 Å². The summed E-state index contributed by atoms with van der Waals surface area (Å²) in [6, 6.07) is 12.2. The van der Waals surface area contributed by atoms with E-state index in [2.05, 4.69) is 5.32 Å². The van der Waals surface area contributed by atoms with Crippen LogP contribution in [0.15, 0.2) is 42.5 Å². The SMILES string of the molecule is Cc1cc(C)cc(C(=O)NCC(=O)N(Cc2ccccc2F)C2CC2)c1. The Morgan fingerprint density at radius 2 is 1.77 bits per heavy atom. The molecular formula is C21H23FN2O2. The lowest BCUT2D eigenvalue weighted by atomic mass is 10.1. The van der Waals surface area contributed by atoms with Crippen molar-refractivity contribution in [2.24, 2.45) is 0 Å². The average Bonchev–Trinajstić information content (AvgIpc) is 3.42. The van der Waals surface area contributed by atoms with E-state index in [4.69, 9.17) is 0 Å². The van der Waals surface area contributed by atoms with Crippen molar-refractivity contribution in [2.75, 3.05) is 6.54 Å². The number of aryl methyl sites for hydroxylation is 2. The molecule has 26 heavy (non-hydrogen) atoms. The second-order valence-corrected chi connectivity index (χ2v) is 6.90. The first-order valence-electron chi connectivity index (χ1n) is 8.83. The van der Waals surface area contributed by atoms with E-state index >= 15 is 0 Å². The molecule has 1 aliphatic carbocycles. The second kappa shape index (κ2) is 7.68. The van der Waals surface area contributed by atoms with Crippen molar-refractivity contribution in [3.8, 4) is 0 Å². The smallest absolute Gasteiger partial charge is 0.251 e. The molecule has 1 saturated carbocycles. The normalized spacial score (nSPS) is 13.3. The third-order valence-corrected chi connectivity index (χ3v) is 4.49. The van der Waals surface area contributed by atoms with Gasteiger partial charge < -0.3 is 10.2 Å². The lowest BCUT2D eigenvalue weighted by Gasteiger charge is -2.23. The zero-order chi connectivity index (χ0) is 18.7. The minimum Gasteiger partial charge on any atom is -0.343 e. The van der Waals surface area contributed by atoms with Crippen molar-refractivity contribution >= 4 is 11.8 Å². The second-order valence-electron chi connectivity index (χ2n) is 6.90. The maximum Gasteiger partial charge on any atom is 0.251 e. The molecular weight excluding hydrogens is 331 g/mol. The topological polar surface area (TPSA) is 49.4 Å². The van der Waals surface area contributed by atoms with Gasteiger partial charge in [-0.05, 0) is 44.9 Å². The zero-order valence-electron chi connectivity index (χ0n) is 15.1. The molecule has 0 heterocycles. The van der Waals surface area contributed by atoms with E-state index in [9.17, 15) is 14.0 Å². The first-order valence-corrected chi connectivity index (χ1v) is 8.83. The fourth-order valence-corrected chi connectivity index (χ4v) is 3.08. The van der Waals surface area contributed by atoms with Crippen LogP contribution in [-0.4, -0.2) is 29.3 Å². The van der Waals surface area contributed by atoms with Gasteiger partial charge >= 0.3 is 0 Å². The fourth-order valence-electron chi connectivity index (χ4n) is 3.08. The third kappa shape index (κ3) is 4.48. The van der Waals surface area contributed by atoms with Gasteiger partial charge in [0.05, 0.1) is 6.54 Å². The molecule has 0 spiro atoms. The average molecular weight is 354 g/mol. The molecule has 136 valence electrons. The lowest BCUT2D eigenvalue weighted by molar-refractivity contribution is -0.131. The Labute approximate surface area is 153 Å². The summed E-state index contributed by atoms with van der Waals surface area (Å²) in [5.74, 6) is -0.773. The molecule has 1 N–H and O–H groups in total. The molecule has 0 radical (unpaired) electrons. The first-order chi connectivity index (χ1) is 12.4. The molecule has 0 aromatic heterocycles. The summed E-state index contributed by atoms with van der Waals surface area (Å²) in [6.07, 6.45) is 1.84. The minimum absolute atomic E-state index is 0.0865. The van der Waals surface area contributed by atoms with Crippen LogP contribution in [0.2, 0.25) is 0 Å². The largest absolute Gasteiger partial charge is 0.343 e. The lowest BCUT2D eigenvalue weighted by Crippen LogP contribution is -2.41. The van der Waals surface area contributed by atoms with Crippen molar-refractivity contribution < 1.29 is 14.0 Å². The highest BCUT2D eigenvalue weighted by molar-refractivity contribution is 5.96. The number of hydrogen-bond acceptors (Lipinski definition) is 2. The summed E-state index contributed by atoms with van der Waals surface area (Å²) >= 11 is 0. The van der Waals surface area contributed by atoms with Crippen LogP contribution in [0.5, 0.6) is 0 Å². The van der Waals surface area contributed by atoms with Gasteiger partial charge in [-0.15, -0.1) is 0 Å². The minimum atomic E-state index is -0.315. The van der Waals surface area contributed by atoms with Crippen LogP contribution >= 0.6 is 0 Å². The number of carbonyl (C=O) groups excluding carboxylic acids is 2. The van der Waals surface area contributed by atoms with Crippen molar-refractivity contribution in [3.05, 3.63) is 70.5 Å². The Morgan fingerprint density at radius 1 is 1.12 bits per heavy atom. The number of hydrogen-bond donors (Lipinski definition) is 1. The first kappa shape index (κ1) is 18.1. The Kier molecular flexibility index (Phi) is 5.35. The Balaban J connectivity index is 1.63. The Bertz CT molecular complexity index is 810. The predicted molar refractivity (Wildman–Crippen MR) is 98.2 cm³/mol. The van der Waals surface area contributed by atoms with E-state index in [0.717, 1.165) is 24.0 Å². The van der Waals surface area contributed by atoms with E-state index < -0.39 is 0 Å². The van der Waals surface area contributed by atoms with E-state index in [1.165, 1.54) is 6.07 Å². The monoisotopic (exact) mass is 354 g/mol.